The lowest BCUT2D eigenvalue weighted by Gasteiger charge is -2.36. The van der Waals surface area contributed by atoms with Gasteiger partial charge >= 0.3 is 0 Å². The number of anilines is 2. The molecule has 3 rings (SSSR count). The molecule has 0 N–H and O–H groups in total. The Bertz CT molecular complexity index is 768. The molecule has 6 heteroatoms. The highest BCUT2D eigenvalue weighted by molar-refractivity contribution is 5.93. The lowest BCUT2D eigenvalue weighted by atomic mass is 10.2. The Kier molecular flexibility index (Phi) is 6.16. The van der Waals surface area contributed by atoms with Gasteiger partial charge < -0.3 is 19.4 Å². The molecule has 1 fully saturated rings. The fourth-order valence-corrected chi connectivity index (χ4v) is 3.53. The number of hydrogen-bond acceptors (Lipinski definition) is 5. The molecule has 1 aromatic carbocycles. The molecule has 0 saturated carbocycles. The first-order valence-electron chi connectivity index (χ1n) is 9.56. The maximum absolute atomic E-state index is 12.9. The highest BCUT2D eigenvalue weighted by Crippen LogP contribution is 2.28. The average Bonchev–Trinajstić information content (AvgIpc) is 2.74. The van der Waals surface area contributed by atoms with Gasteiger partial charge in [-0.1, -0.05) is 12.1 Å². The number of methoxy groups -OCH3 is 1. The van der Waals surface area contributed by atoms with E-state index >= 15 is 0 Å². The van der Waals surface area contributed by atoms with Gasteiger partial charge in [-0.2, -0.15) is 0 Å². The first kappa shape index (κ1) is 19.0. The van der Waals surface area contributed by atoms with Crippen molar-refractivity contribution < 1.29 is 9.53 Å². The Balaban J connectivity index is 1.67. The maximum Gasteiger partial charge on any atom is 0.272 e. The second-order valence-corrected chi connectivity index (χ2v) is 6.52. The van der Waals surface area contributed by atoms with Crippen LogP contribution < -0.4 is 14.5 Å². The molecular formula is C21H28N4O2. The van der Waals surface area contributed by atoms with E-state index in [0.717, 1.165) is 43.3 Å². The number of amides is 1. The van der Waals surface area contributed by atoms with Crippen LogP contribution >= 0.6 is 0 Å². The molecule has 0 radical (unpaired) electrons. The van der Waals surface area contributed by atoms with E-state index in [9.17, 15) is 4.79 Å². The van der Waals surface area contributed by atoms with Gasteiger partial charge in [-0.15, -0.1) is 0 Å². The molecule has 27 heavy (non-hydrogen) atoms. The van der Waals surface area contributed by atoms with E-state index in [-0.39, 0.29) is 5.91 Å². The molecular weight excluding hydrogens is 340 g/mol. The minimum Gasteiger partial charge on any atom is -0.495 e. The molecule has 1 amide bonds. The number of nitrogens with zero attached hydrogens (tertiary/aromatic N) is 4. The minimum absolute atomic E-state index is 0.00341. The summed E-state index contributed by atoms with van der Waals surface area (Å²) in [5.74, 6) is 0.870. The third kappa shape index (κ3) is 4.15. The molecule has 1 aromatic heterocycles. The van der Waals surface area contributed by atoms with Gasteiger partial charge in [0.1, 0.15) is 11.4 Å². The van der Waals surface area contributed by atoms with Gasteiger partial charge in [0.25, 0.3) is 5.91 Å². The average molecular weight is 368 g/mol. The monoisotopic (exact) mass is 368 g/mol. The van der Waals surface area contributed by atoms with Crippen LogP contribution in [0.2, 0.25) is 0 Å². The number of hydrogen-bond donors (Lipinski definition) is 0. The molecule has 1 saturated heterocycles. The number of carbonyl (C=O) groups excluding carboxylic acids is 1. The smallest absolute Gasteiger partial charge is 0.272 e. The first-order valence-corrected chi connectivity index (χ1v) is 9.56. The molecule has 144 valence electrons. The second-order valence-electron chi connectivity index (χ2n) is 6.52. The van der Waals surface area contributed by atoms with Gasteiger partial charge in [0, 0.05) is 51.2 Å². The van der Waals surface area contributed by atoms with Crippen LogP contribution in [0.5, 0.6) is 5.75 Å². The summed E-state index contributed by atoms with van der Waals surface area (Å²) >= 11 is 0. The van der Waals surface area contributed by atoms with E-state index in [0.29, 0.717) is 18.8 Å². The fourth-order valence-electron chi connectivity index (χ4n) is 3.53. The van der Waals surface area contributed by atoms with Crippen LogP contribution in [-0.2, 0) is 0 Å². The van der Waals surface area contributed by atoms with Gasteiger partial charge in [0.15, 0.2) is 0 Å². The summed E-state index contributed by atoms with van der Waals surface area (Å²) in [4.78, 5) is 23.6. The Morgan fingerprint density at radius 3 is 2.48 bits per heavy atom. The molecule has 0 unspecified atom stereocenters. The summed E-state index contributed by atoms with van der Waals surface area (Å²) in [5.41, 5.74) is 2.64. The van der Waals surface area contributed by atoms with Crippen molar-refractivity contribution >= 4 is 17.3 Å². The fraction of sp³-hybridized carbons (Fsp3) is 0.429. The summed E-state index contributed by atoms with van der Waals surface area (Å²) in [6.07, 6.45) is 1.73. The number of piperazine rings is 1. The topological polar surface area (TPSA) is 48.9 Å². The lowest BCUT2D eigenvalue weighted by Crippen LogP contribution is -2.49. The summed E-state index contributed by atoms with van der Waals surface area (Å²) in [7, 11) is 1.69. The van der Waals surface area contributed by atoms with Gasteiger partial charge in [0.05, 0.1) is 12.8 Å². The van der Waals surface area contributed by atoms with Crippen molar-refractivity contribution in [2.24, 2.45) is 0 Å². The Morgan fingerprint density at radius 1 is 1.11 bits per heavy atom. The molecule has 2 aromatic rings. The number of aromatic nitrogens is 1. The molecule has 0 aliphatic carbocycles. The Labute approximate surface area is 161 Å². The van der Waals surface area contributed by atoms with Crippen molar-refractivity contribution in [3.8, 4) is 5.75 Å². The quantitative estimate of drug-likeness (QED) is 0.785. The van der Waals surface area contributed by atoms with E-state index in [1.807, 2.05) is 35.2 Å². The van der Waals surface area contributed by atoms with Crippen LogP contribution in [0.3, 0.4) is 0 Å². The van der Waals surface area contributed by atoms with E-state index in [1.165, 1.54) is 0 Å². The van der Waals surface area contributed by atoms with E-state index in [1.54, 1.807) is 13.3 Å². The number of ether oxygens (including phenoxy) is 1. The highest BCUT2D eigenvalue weighted by atomic mass is 16.5. The lowest BCUT2D eigenvalue weighted by molar-refractivity contribution is 0.0741. The number of benzene rings is 1. The molecule has 2 heterocycles. The number of pyridine rings is 1. The minimum atomic E-state index is 0.00341. The predicted molar refractivity (Wildman–Crippen MR) is 109 cm³/mol. The third-order valence-corrected chi connectivity index (χ3v) is 5.08. The van der Waals surface area contributed by atoms with Gasteiger partial charge in [-0.25, -0.2) is 0 Å². The molecule has 1 aliphatic heterocycles. The largest absolute Gasteiger partial charge is 0.495 e. The molecule has 1 aliphatic rings. The first-order chi connectivity index (χ1) is 13.2. The zero-order chi connectivity index (χ0) is 19.2. The van der Waals surface area contributed by atoms with Gasteiger partial charge in [-0.05, 0) is 38.1 Å². The second kappa shape index (κ2) is 8.75. The molecule has 6 nitrogen and oxygen atoms in total. The normalized spacial score (nSPS) is 14.2. The van der Waals surface area contributed by atoms with Gasteiger partial charge in [0.2, 0.25) is 0 Å². The van der Waals surface area contributed by atoms with Crippen molar-refractivity contribution in [3.05, 3.63) is 48.3 Å². The van der Waals surface area contributed by atoms with Crippen molar-refractivity contribution in [3.63, 3.8) is 0 Å². The maximum atomic E-state index is 12.9. The van der Waals surface area contributed by atoms with Crippen LogP contribution in [-0.4, -0.2) is 62.2 Å². The van der Waals surface area contributed by atoms with E-state index in [2.05, 4.69) is 34.7 Å². The number of rotatable bonds is 6. The highest BCUT2D eigenvalue weighted by Gasteiger charge is 2.24. The Hall–Kier alpha value is -2.76. The summed E-state index contributed by atoms with van der Waals surface area (Å²) in [6, 6.07) is 11.9. The van der Waals surface area contributed by atoms with Crippen LogP contribution in [0, 0.1) is 0 Å². The van der Waals surface area contributed by atoms with Crippen LogP contribution in [0.1, 0.15) is 24.3 Å². The zero-order valence-corrected chi connectivity index (χ0v) is 16.4. The van der Waals surface area contributed by atoms with Gasteiger partial charge in [-0.3, -0.25) is 9.78 Å². The van der Waals surface area contributed by atoms with Crippen molar-refractivity contribution in [2.45, 2.75) is 13.8 Å². The van der Waals surface area contributed by atoms with Crippen molar-refractivity contribution in [2.75, 3.05) is 56.2 Å². The molecule has 0 atom stereocenters. The van der Waals surface area contributed by atoms with Crippen LogP contribution in [0.4, 0.5) is 11.4 Å². The summed E-state index contributed by atoms with van der Waals surface area (Å²) in [6.45, 7) is 8.95. The number of carbonyl (C=O) groups is 1. The SMILES string of the molecule is CCN(CC)c1ccnc(C(=O)N2CCN(c3ccccc3OC)CC2)c1. The van der Waals surface area contributed by atoms with Crippen LogP contribution in [0.15, 0.2) is 42.6 Å². The Morgan fingerprint density at radius 2 is 1.81 bits per heavy atom. The molecule has 0 spiro atoms. The van der Waals surface area contributed by atoms with Crippen molar-refractivity contribution in [1.82, 2.24) is 9.88 Å². The van der Waals surface area contributed by atoms with Crippen molar-refractivity contribution in [1.29, 1.82) is 0 Å². The molecule has 0 bridgehead atoms. The van der Waals surface area contributed by atoms with E-state index < -0.39 is 0 Å². The van der Waals surface area contributed by atoms with E-state index in [4.69, 9.17) is 4.74 Å². The number of para-hydroxylation sites is 2. The third-order valence-electron chi connectivity index (χ3n) is 5.08. The van der Waals surface area contributed by atoms with Crippen LogP contribution in [0.25, 0.3) is 0 Å². The summed E-state index contributed by atoms with van der Waals surface area (Å²) < 4.78 is 5.46. The zero-order valence-electron chi connectivity index (χ0n) is 16.4. The summed E-state index contributed by atoms with van der Waals surface area (Å²) in [5, 5.41) is 0. The standard InChI is InChI=1S/C21H28N4O2/c1-4-23(5-2)17-10-11-22-18(16-17)21(26)25-14-12-24(13-15-25)19-8-6-7-9-20(19)27-3/h6-11,16H,4-5,12-15H2,1-3H3. The predicted octanol–water partition coefficient (Wildman–Crippen LogP) is 2.90.